The lowest BCUT2D eigenvalue weighted by molar-refractivity contribution is -0.496. The van der Waals surface area contributed by atoms with Gasteiger partial charge in [-0.05, 0) is 0 Å². The molecule has 34 valence electrons. The van der Waals surface area contributed by atoms with E-state index in [9.17, 15) is 0 Å². The summed E-state index contributed by atoms with van der Waals surface area (Å²) in [6.45, 7) is 5.02. The van der Waals surface area contributed by atoms with Crippen molar-refractivity contribution >= 4 is 12.9 Å². The van der Waals surface area contributed by atoms with Crippen LogP contribution in [0.3, 0.4) is 0 Å². The van der Waals surface area contributed by atoms with Crippen LogP contribution in [0.25, 0.3) is 0 Å². The molecular weight excluding hydrogens is 76.1 g/mol. The maximum absolute atomic E-state index is 3.48. The van der Waals surface area contributed by atoms with Gasteiger partial charge in [0.1, 0.15) is 7.05 Å². The Morgan fingerprint density at radius 3 is 2.33 bits per heavy atom. The molecule has 0 radical (unpaired) electrons. The zero-order valence-electron chi connectivity index (χ0n) is 4.10. The minimum Gasteiger partial charge on any atom is -0.273 e. The van der Waals surface area contributed by atoms with Gasteiger partial charge >= 0.3 is 0 Å². The predicted molar refractivity (Wildman–Crippen MR) is 26.4 cm³/mol. The topological polar surface area (TPSA) is 15.4 Å². The fourth-order valence-electron chi connectivity index (χ4n) is 0.0707. The Labute approximate surface area is 37.8 Å². The molecule has 0 spiro atoms. The molecule has 6 heavy (non-hydrogen) atoms. The number of rotatable bonds is 1. The number of hydrogen-bond acceptors (Lipinski definition) is 1. The second kappa shape index (κ2) is 2.57. The van der Waals surface area contributed by atoms with Gasteiger partial charge in [0, 0.05) is 0 Å². The van der Waals surface area contributed by atoms with Crippen LogP contribution < -0.4 is 0 Å². The van der Waals surface area contributed by atoms with Gasteiger partial charge in [-0.3, -0.25) is 4.68 Å². The molecule has 2 heteroatoms. The third kappa shape index (κ3) is 1.64. The predicted octanol–water partition coefficient (Wildman–Crippen LogP) is 0.212. The summed E-state index contributed by atoms with van der Waals surface area (Å²) in [6, 6.07) is 0. The van der Waals surface area contributed by atoms with Gasteiger partial charge in [-0.25, -0.2) is 0 Å². The van der Waals surface area contributed by atoms with Crippen LogP contribution in [-0.2, 0) is 0 Å². The van der Waals surface area contributed by atoms with E-state index in [2.05, 4.69) is 18.0 Å². The second-order valence-corrected chi connectivity index (χ2v) is 0.889. The average molecular weight is 84.1 g/mol. The van der Waals surface area contributed by atoms with Crippen LogP contribution in [-0.4, -0.2) is 24.7 Å². The van der Waals surface area contributed by atoms with Crippen molar-refractivity contribution in [2.75, 3.05) is 7.05 Å². The second-order valence-electron chi connectivity index (χ2n) is 0.889. The van der Waals surface area contributed by atoms with Crippen molar-refractivity contribution in [2.24, 2.45) is 5.10 Å². The van der Waals surface area contributed by atoms with Crippen LogP contribution in [0.1, 0.15) is 6.92 Å². The molecule has 0 aromatic carbocycles. The van der Waals surface area contributed by atoms with E-state index in [1.54, 1.807) is 14.0 Å². The number of hydrazone groups is 1. The molecule has 0 bridgehead atoms. The molecule has 0 saturated carbocycles. The summed E-state index contributed by atoms with van der Waals surface area (Å²) >= 11 is 0. The van der Waals surface area contributed by atoms with Crippen LogP contribution >= 0.6 is 0 Å². The highest BCUT2D eigenvalue weighted by atomic mass is 15.3. The van der Waals surface area contributed by atoms with Crippen molar-refractivity contribution in [3.63, 3.8) is 0 Å². The summed E-state index contributed by atoms with van der Waals surface area (Å²) in [5.74, 6) is 0. The maximum Gasteiger partial charge on any atom is 0.128 e. The molecule has 0 aliphatic carbocycles. The van der Waals surface area contributed by atoms with Crippen molar-refractivity contribution in [3.05, 3.63) is 0 Å². The molecule has 0 amide bonds. The van der Waals surface area contributed by atoms with Gasteiger partial charge in [-0.2, -0.15) is 6.21 Å². The molecule has 0 aromatic heterocycles. The monoisotopic (exact) mass is 84.1 g/mol. The molecule has 0 heterocycles. The van der Waals surface area contributed by atoms with Crippen molar-refractivity contribution in [2.45, 2.75) is 6.92 Å². The van der Waals surface area contributed by atoms with Gasteiger partial charge < -0.3 is 0 Å². The van der Waals surface area contributed by atoms with E-state index in [0.717, 1.165) is 0 Å². The summed E-state index contributed by atoms with van der Waals surface area (Å²) in [4.78, 5) is 0. The van der Waals surface area contributed by atoms with E-state index in [-0.39, 0.29) is 0 Å². The fourth-order valence-corrected chi connectivity index (χ4v) is 0.0707. The zero-order valence-corrected chi connectivity index (χ0v) is 4.10. The summed E-state index contributed by atoms with van der Waals surface area (Å²) in [5.41, 5.74) is 0. The Kier molecular flexibility index (Phi) is 2.29. The highest BCUT2D eigenvalue weighted by Crippen LogP contribution is 1.57. The van der Waals surface area contributed by atoms with Gasteiger partial charge in [-0.1, -0.05) is 5.10 Å². The van der Waals surface area contributed by atoms with Gasteiger partial charge in [0.05, 0.1) is 6.72 Å². The molecule has 0 aliphatic heterocycles. The molecule has 0 unspecified atom stereocenters. The van der Waals surface area contributed by atoms with Crippen LogP contribution in [0.4, 0.5) is 0 Å². The van der Waals surface area contributed by atoms with Crippen molar-refractivity contribution in [3.8, 4) is 0 Å². The lowest BCUT2D eigenvalue weighted by atomic mass is 10.9. The lowest BCUT2D eigenvalue weighted by Gasteiger charge is -1.86. The zero-order chi connectivity index (χ0) is 4.99. The molecule has 0 atom stereocenters. The highest BCUT2D eigenvalue weighted by molar-refractivity contribution is 5.46. The van der Waals surface area contributed by atoms with Gasteiger partial charge in [0.25, 0.3) is 0 Å². The van der Waals surface area contributed by atoms with Gasteiger partial charge in [-0.15, -0.1) is 6.92 Å². The van der Waals surface area contributed by atoms with E-state index in [1.165, 1.54) is 4.68 Å². The van der Waals surface area contributed by atoms with Crippen LogP contribution in [0.15, 0.2) is 5.10 Å². The highest BCUT2D eigenvalue weighted by Gasteiger charge is 1.59. The van der Waals surface area contributed by atoms with Crippen molar-refractivity contribution < 1.29 is 4.68 Å². The minimum atomic E-state index is 1.51. The first-order valence-corrected chi connectivity index (χ1v) is 1.69. The normalized spacial score (nSPS) is 11.3. The Morgan fingerprint density at radius 2 is 2.33 bits per heavy atom. The fraction of sp³-hybridized carbons (Fsp3) is 0.500. The summed E-state index contributed by atoms with van der Waals surface area (Å²) < 4.78 is 1.51. The van der Waals surface area contributed by atoms with E-state index in [4.69, 9.17) is 0 Å². The summed E-state index contributed by atoms with van der Waals surface area (Å²) in [7, 11) is 1.77. The largest absolute Gasteiger partial charge is 0.273 e. The first-order valence-electron chi connectivity index (χ1n) is 1.69. The van der Waals surface area contributed by atoms with E-state index in [0.29, 0.717) is 0 Å². The molecule has 0 saturated heterocycles. The van der Waals surface area contributed by atoms with Crippen LogP contribution in [0.2, 0.25) is 0 Å². The van der Waals surface area contributed by atoms with Crippen LogP contribution in [0, 0.1) is 0 Å². The molecule has 0 aromatic rings. The van der Waals surface area contributed by atoms with E-state index in [1.807, 2.05) is 0 Å². The maximum atomic E-state index is 3.48. The number of hydrogen-bond donors (Lipinski definition) is 0. The lowest BCUT2D eigenvalue weighted by Crippen LogP contribution is -1.91. The quantitative estimate of drug-likeness (QED) is 0.187. The standard InChI is InChI=1S/C4H8N2/c1-4-6(3)5-2/h2H2,1,3H3. The third-order valence-electron chi connectivity index (χ3n) is 0.536. The Balaban J connectivity index is 3.50. The molecule has 2 nitrogen and oxygen atoms in total. The minimum absolute atomic E-state index is 1.51. The SMILES string of the molecule is C=N[N+](C)=[C-]C. The van der Waals surface area contributed by atoms with Gasteiger partial charge in [0.15, 0.2) is 0 Å². The molecule has 0 rings (SSSR count). The molecule has 0 fully saturated rings. The average Bonchev–Trinajstić information content (AvgIpc) is 1.65. The van der Waals surface area contributed by atoms with E-state index < -0.39 is 0 Å². The van der Waals surface area contributed by atoms with Crippen molar-refractivity contribution in [1.82, 2.24) is 0 Å². The van der Waals surface area contributed by atoms with Crippen molar-refractivity contribution in [1.29, 1.82) is 0 Å². The Morgan fingerprint density at radius 1 is 1.83 bits per heavy atom. The first kappa shape index (κ1) is 5.34. The first-order chi connectivity index (χ1) is 2.81. The van der Waals surface area contributed by atoms with Crippen LogP contribution in [0.5, 0.6) is 0 Å². The summed E-state index contributed by atoms with van der Waals surface area (Å²) in [5, 5.41) is 3.48. The number of nitrogens with zero attached hydrogens (tertiary/aromatic N) is 2. The Hall–Kier alpha value is -0.660. The molecule has 0 aliphatic rings. The van der Waals surface area contributed by atoms with E-state index >= 15 is 0 Å². The Bertz CT molecular complexity index is 73.6. The summed E-state index contributed by atoms with van der Waals surface area (Å²) in [6.07, 6.45) is 2.72. The van der Waals surface area contributed by atoms with Gasteiger partial charge in [0.2, 0.25) is 0 Å². The third-order valence-corrected chi connectivity index (χ3v) is 0.536. The molecule has 0 N–H and O–H groups in total. The molecular formula is C4H8N2. The smallest absolute Gasteiger partial charge is 0.128 e.